The molecule has 20 heavy (non-hydrogen) atoms. The van der Waals surface area contributed by atoms with Crippen LogP contribution in [0.2, 0.25) is 0 Å². The van der Waals surface area contributed by atoms with Crippen LogP contribution < -0.4 is 4.74 Å². The molecule has 0 fully saturated rings. The number of ether oxygens (including phenoxy) is 1. The average molecular weight is 333 g/mol. The number of carbonyl (C=O) groups excluding carboxylic acids is 1. The summed E-state index contributed by atoms with van der Waals surface area (Å²) in [6.07, 6.45) is 0. The molecule has 0 heterocycles. The topological polar surface area (TPSA) is 26.3 Å². The monoisotopic (exact) mass is 332 g/mol. The number of aryl methyl sites for hydroxylation is 2. The van der Waals surface area contributed by atoms with Crippen LogP contribution in [0.3, 0.4) is 0 Å². The molecular formula is C17H17BrO2. The lowest BCUT2D eigenvalue weighted by molar-refractivity contribution is 0.101. The summed E-state index contributed by atoms with van der Waals surface area (Å²) in [4.78, 5) is 11.4. The first-order chi connectivity index (χ1) is 9.40. The van der Waals surface area contributed by atoms with Gasteiger partial charge in [0.2, 0.25) is 0 Å². The van der Waals surface area contributed by atoms with E-state index in [0.29, 0.717) is 5.56 Å². The van der Waals surface area contributed by atoms with Gasteiger partial charge in [0.15, 0.2) is 5.78 Å². The average Bonchev–Trinajstić information content (AvgIpc) is 2.39. The normalized spacial score (nSPS) is 10.4. The van der Waals surface area contributed by atoms with Gasteiger partial charge in [0.05, 0.1) is 0 Å². The van der Waals surface area contributed by atoms with Crippen LogP contribution in [0.5, 0.6) is 11.5 Å². The van der Waals surface area contributed by atoms with Gasteiger partial charge in [-0.2, -0.15) is 0 Å². The molecule has 0 N–H and O–H groups in total. The fourth-order valence-corrected chi connectivity index (χ4v) is 2.68. The number of benzene rings is 2. The van der Waals surface area contributed by atoms with Crippen molar-refractivity contribution in [2.24, 2.45) is 0 Å². The van der Waals surface area contributed by atoms with Crippen LogP contribution in [-0.2, 0) is 0 Å². The molecule has 0 aliphatic rings. The van der Waals surface area contributed by atoms with E-state index in [2.05, 4.69) is 41.9 Å². The summed E-state index contributed by atoms with van der Waals surface area (Å²) in [5.74, 6) is 1.64. The SMILES string of the molecule is CC(=O)c1ccc(Oc2c(C)ccc(C)c2C)cc1Br. The predicted octanol–water partition coefficient (Wildman–Crippen LogP) is 5.37. The van der Waals surface area contributed by atoms with Crippen molar-refractivity contribution in [1.82, 2.24) is 0 Å². The number of carbonyl (C=O) groups is 1. The second-order valence-electron chi connectivity index (χ2n) is 4.95. The summed E-state index contributed by atoms with van der Waals surface area (Å²) in [5, 5.41) is 0. The van der Waals surface area contributed by atoms with Crippen molar-refractivity contribution in [3.63, 3.8) is 0 Å². The molecule has 0 bridgehead atoms. The summed E-state index contributed by atoms with van der Waals surface area (Å²) < 4.78 is 6.75. The van der Waals surface area contributed by atoms with E-state index in [4.69, 9.17) is 4.74 Å². The van der Waals surface area contributed by atoms with Gasteiger partial charge in [-0.25, -0.2) is 0 Å². The smallest absolute Gasteiger partial charge is 0.160 e. The lowest BCUT2D eigenvalue weighted by Crippen LogP contribution is -1.96. The highest BCUT2D eigenvalue weighted by Gasteiger charge is 2.10. The zero-order valence-electron chi connectivity index (χ0n) is 12.1. The molecule has 0 saturated heterocycles. The first-order valence-electron chi connectivity index (χ1n) is 6.45. The van der Waals surface area contributed by atoms with E-state index in [1.165, 1.54) is 5.56 Å². The van der Waals surface area contributed by atoms with Gasteiger partial charge in [-0.3, -0.25) is 4.79 Å². The molecule has 0 aromatic heterocycles. The quantitative estimate of drug-likeness (QED) is 0.706. The third-order valence-electron chi connectivity index (χ3n) is 3.41. The van der Waals surface area contributed by atoms with Crippen LogP contribution in [0, 0.1) is 20.8 Å². The zero-order chi connectivity index (χ0) is 14.9. The molecule has 0 amide bonds. The molecule has 0 radical (unpaired) electrons. The summed E-state index contributed by atoms with van der Waals surface area (Å²) in [7, 11) is 0. The number of Topliss-reactive ketones (excluding diaryl/α,β-unsaturated/α-hetero) is 1. The van der Waals surface area contributed by atoms with Crippen molar-refractivity contribution < 1.29 is 9.53 Å². The van der Waals surface area contributed by atoms with Gasteiger partial charge >= 0.3 is 0 Å². The minimum absolute atomic E-state index is 0.0336. The van der Waals surface area contributed by atoms with Crippen molar-refractivity contribution in [1.29, 1.82) is 0 Å². The molecule has 2 aromatic carbocycles. The summed E-state index contributed by atoms with van der Waals surface area (Å²) >= 11 is 3.41. The van der Waals surface area contributed by atoms with E-state index in [-0.39, 0.29) is 5.78 Å². The van der Waals surface area contributed by atoms with Gasteiger partial charge in [0, 0.05) is 10.0 Å². The second kappa shape index (κ2) is 5.80. The molecule has 104 valence electrons. The zero-order valence-corrected chi connectivity index (χ0v) is 13.7. The molecule has 2 nitrogen and oxygen atoms in total. The van der Waals surface area contributed by atoms with Crippen LogP contribution in [0.15, 0.2) is 34.8 Å². The largest absolute Gasteiger partial charge is 0.457 e. The van der Waals surface area contributed by atoms with E-state index in [1.54, 1.807) is 13.0 Å². The Morgan fingerprint density at radius 2 is 1.70 bits per heavy atom. The molecule has 0 saturated carbocycles. The number of rotatable bonds is 3. The highest BCUT2D eigenvalue weighted by atomic mass is 79.9. The second-order valence-corrected chi connectivity index (χ2v) is 5.81. The Morgan fingerprint density at radius 3 is 2.30 bits per heavy atom. The van der Waals surface area contributed by atoms with Gasteiger partial charge in [0.1, 0.15) is 11.5 Å². The Kier molecular flexibility index (Phi) is 4.29. The van der Waals surface area contributed by atoms with Crippen LogP contribution in [-0.4, -0.2) is 5.78 Å². The van der Waals surface area contributed by atoms with Crippen LogP contribution in [0.4, 0.5) is 0 Å². The highest BCUT2D eigenvalue weighted by molar-refractivity contribution is 9.10. The lowest BCUT2D eigenvalue weighted by Gasteiger charge is -2.14. The standard InChI is InChI=1S/C17H17BrO2/c1-10-5-6-11(2)17(12(10)3)20-14-7-8-15(13(4)19)16(18)9-14/h5-9H,1-4H3. The van der Waals surface area contributed by atoms with E-state index < -0.39 is 0 Å². The molecule has 0 spiro atoms. The Labute approximate surface area is 127 Å². The highest BCUT2D eigenvalue weighted by Crippen LogP contribution is 2.32. The van der Waals surface area contributed by atoms with Crippen LogP contribution in [0.1, 0.15) is 34.0 Å². The van der Waals surface area contributed by atoms with Gasteiger partial charge in [-0.15, -0.1) is 0 Å². The van der Waals surface area contributed by atoms with Gasteiger partial charge in [-0.05, 0) is 78.5 Å². The molecule has 2 aromatic rings. The van der Waals surface area contributed by atoms with Crippen molar-refractivity contribution in [3.8, 4) is 11.5 Å². The fourth-order valence-electron chi connectivity index (χ4n) is 2.05. The molecule has 0 unspecified atom stereocenters. The minimum atomic E-state index is 0.0336. The molecule has 2 rings (SSSR count). The van der Waals surface area contributed by atoms with Gasteiger partial charge in [-0.1, -0.05) is 12.1 Å². The fraction of sp³-hybridized carbons (Fsp3) is 0.235. The van der Waals surface area contributed by atoms with Gasteiger partial charge < -0.3 is 4.74 Å². The Morgan fingerprint density at radius 1 is 1.05 bits per heavy atom. The molecular weight excluding hydrogens is 316 g/mol. The third kappa shape index (κ3) is 2.93. The van der Waals surface area contributed by atoms with E-state index in [9.17, 15) is 4.79 Å². The number of halogens is 1. The number of ketones is 1. The maximum Gasteiger partial charge on any atom is 0.160 e. The van der Waals surface area contributed by atoms with Crippen LogP contribution in [0.25, 0.3) is 0 Å². The maximum atomic E-state index is 11.4. The lowest BCUT2D eigenvalue weighted by atomic mass is 10.1. The summed E-state index contributed by atoms with van der Waals surface area (Å²) in [6.45, 7) is 7.70. The van der Waals surface area contributed by atoms with Gasteiger partial charge in [0.25, 0.3) is 0 Å². The molecule has 0 aliphatic carbocycles. The van der Waals surface area contributed by atoms with E-state index >= 15 is 0 Å². The molecule has 0 aliphatic heterocycles. The number of hydrogen-bond acceptors (Lipinski definition) is 2. The first-order valence-corrected chi connectivity index (χ1v) is 7.24. The van der Waals surface area contributed by atoms with E-state index in [0.717, 1.165) is 27.1 Å². The Balaban J connectivity index is 2.39. The predicted molar refractivity (Wildman–Crippen MR) is 84.9 cm³/mol. The van der Waals surface area contributed by atoms with Crippen LogP contribution >= 0.6 is 15.9 Å². The van der Waals surface area contributed by atoms with Crippen molar-refractivity contribution >= 4 is 21.7 Å². The number of hydrogen-bond donors (Lipinski definition) is 0. The maximum absolute atomic E-state index is 11.4. The minimum Gasteiger partial charge on any atom is -0.457 e. The third-order valence-corrected chi connectivity index (χ3v) is 4.07. The van der Waals surface area contributed by atoms with Crippen molar-refractivity contribution in [2.45, 2.75) is 27.7 Å². The first kappa shape index (κ1) is 14.8. The van der Waals surface area contributed by atoms with E-state index in [1.807, 2.05) is 19.1 Å². The van der Waals surface area contributed by atoms with Crippen molar-refractivity contribution in [3.05, 3.63) is 57.1 Å². The Hall–Kier alpha value is -1.61. The van der Waals surface area contributed by atoms with Crippen molar-refractivity contribution in [2.75, 3.05) is 0 Å². The molecule has 0 atom stereocenters. The summed E-state index contributed by atoms with van der Waals surface area (Å²) in [6, 6.07) is 9.58. The Bertz CT molecular complexity index is 675. The summed E-state index contributed by atoms with van der Waals surface area (Å²) in [5.41, 5.74) is 4.09. The molecule has 3 heteroatoms.